The summed E-state index contributed by atoms with van der Waals surface area (Å²) in [5.41, 5.74) is 6.06. The molecule has 0 fully saturated rings. The highest BCUT2D eigenvalue weighted by molar-refractivity contribution is 9.10. The van der Waals surface area contributed by atoms with Gasteiger partial charge in [-0.05, 0) is 22.0 Å². The number of rotatable bonds is 2. The van der Waals surface area contributed by atoms with Gasteiger partial charge in [-0.15, -0.1) is 0 Å². The second kappa shape index (κ2) is 4.49. The smallest absolute Gasteiger partial charge is 0.175 e. The number of nitrogens with two attached hydrogens (primary N) is 1. The van der Waals surface area contributed by atoms with E-state index in [9.17, 15) is 9.50 Å². The van der Waals surface area contributed by atoms with Crippen LogP contribution in [0.4, 0.5) is 10.2 Å². The normalized spacial score (nSPS) is 10.7. The van der Waals surface area contributed by atoms with Crippen LogP contribution < -0.4 is 10.5 Å². The molecule has 5 nitrogen and oxygen atoms in total. The van der Waals surface area contributed by atoms with Crippen LogP contribution in [0.2, 0.25) is 0 Å². The Balaban J connectivity index is 2.75. The highest BCUT2D eigenvalue weighted by atomic mass is 79.9. The van der Waals surface area contributed by atoms with Crippen LogP contribution in [0.1, 0.15) is 0 Å². The van der Waals surface area contributed by atoms with Crippen LogP contribution in [0, 0.1) is 5.82 Å². The Hall–Kier alpha value is -1.76. The van der Waals surface area contributed by atoms with E-state index in [2.05, 4.69) is 21.0 Å². The predicted molar refractivity (Wildman–Crippen MR) is 68.9 cm³/mol. The van der Waals surface area contributed by atoms with Gasteiger partial charge in [-0.25, -0.2) is 4.39 Å². The van der Waals surface area contributed by atoms with Crippen molar-refractivity contribution in [3.05, 3.63) is 22.6 Å². The van der Waals surface area contributed by atoms with Crippen LogP contribution in [-0.4, -0.2) is 22.0 Å². The van der Waals surface area contributed by atoms with Gasteiger partial charge in [0.25, 0.3) is 0 Å². The highest BCUT2D eigenvalue weighted by Gasteiger charge is 2.22. The maximum Gasteiger partial charge on any atom is 0.175 e. The molecule has 0 aliphatic rings. The summed E-state index contributed by atoms with van der Waals surface area (Å²) in [5.74, 6) is -0.521. The van der Waals surface area contributed by atoms with Gasteiger partial charge in [0.05, 0.1) is 28.9 Å². The van der Waals surface area contributed by atoms with Crippen molar-refractivity contribution in [2.75, 3.05) is 12.8 Å². The molecule has 96 valence electrons. The Kier molecular flexibility index (Phi) is 3.16. The third kappa shape index (κ3) is 1.80. The molecule has 0 saturated carbocycles. The molecule has 3 N–H and O–H groups in total. The average molecular weight is 316 g/mol. The predicted octanol–water partition coefficient (Wildman–Crippen LogP) is 2.29. The van der Waals surface area contributed by atoms with Crippen molar-refractivity contribution >= 4 is 21.7 Å². The second-order valence-electron chi connectivity index (χ2n) is 3.66. The lowest BCUT2D eigenvalue weighted by molar-refractivity contribution is 0.370. The number of benzene rings is 1. The molecular weight excluding hydrogens is 305 g/mol. The molecule has 2 rings (SSSR count). The number of hydrogen-bond acceptors (Lipinski definition) is 4. The van der Waals surface area contributed by atoms with Crippen molar-refractivity contribution in [3.63, 3.8) is 0 Å². The zero-order valence-electron chi connectivity index (χ0n) is 9.74. The summed E-state index contributed by atoms with van der Waals surface area (Å²) < 4.78 is 20.7. The first kappa shape index (κ1) is 12.7. The van der Waals surface area contributed by atoms with Gasteiger partial charge in [0, 0.05) is 7.05 Å². The minimum absolute atomic E-state index is 0.0272. The molecule has 0 bridgehead atoms. The Bertz CT molecular complexity index is 613. The van der Waals surface area contributed by atoms with E-state index < -0.39 is 5.82 Å². The van der Waals surface area contributed by atoms with Crippen molar-refractivity contribution < 1.29 is 14.2 Å². The van der Waals surface area contributed by atoms with E-state index in [0.29, 0.717) is 10.0 Å². The number of nitrogens with zero attached hydrogens (tertiary/aromatic N) is 2. The lowest BCUT2D eigenvalue weighted by Crippen LogP contribution is -1.99. The van der Waals surface area contributed by atoms with Gasteiger partial charge in [-0.2, -0.15) is 5.10 Å². The summed E-state index contributed by atoms with van der Waals surface area (Å²) in [6.07, 6.45) is 1.39. The zero-order valence-corrected chi connectivity index (χ0v) is 11.3. The molecule has 0 atom stereocenters. The number of aryl methyl sites for hydroxylation is 1. The third-order valence-corrected chi connectivity index (χ3v) is 3.21. The summed E-state index contributed by atoms with van der Waals surface area (Å²) in [6.45, 7) is 0. The van der Waals surface area contributed by atoms with Crippen LogP contribution in [-0.2, 0) is 7.05 Å². The van der Waals surface area contributed by atoms with Crippen molar-refractivity contribution in [3.8, 4) is 22.6 Å². The van der Waals surface area contributed by atoms with Crippen LogP contribution in [0.25, 0.3) is 11.1 Å². The van der Waals surface area contributed by atoms with Crippen LogP contribution in [0.15, 0.2) is 16.7 Å². The average Bonchev–Trinajstić information content (AvgIpc) is 2.61. The van der Waals surface area contributed by atoms with Crippen molar-refractivity contribution in [1.29, 1.82) is 0 Å². The molecule has 1 aromatic carbocycles. The molecule has 0 radical (unpaired) electrons. The number of halogens is 2. The number of ether oxygens (including phenoxy) is 1. The zero-order chi connectivity index (χ0) is 13.4. The van der Waals surface area contributed by atoms with Gasteiger partial charge < -0.3 is 15.6 Å². The molecule has 1 heterocycles. The maximum absolute atomic E-state index is 14.0. The number of phenolic OH excluding ortho intramolecular Hbond substituents is 1. The first-order valence-electron chi connectivity index (χ1n) is 5.00. The molecule has 0 unspecified atom stereocenters. The van der Waals surface area contributed by atoms with Gasteiger partial charge >= 0.3 is 0 Å². The molecule has 2 aromatic rings. The molecule has 0 saturated heterocycles. The van der Waals surface area contributed by atoms with E-state index >= 15 is 0 Å². The summed E-state index contributed by atoms with van der Waals surface area (Å²) in [6, 6.07) is 1.21. The van der Waals surface area contributed by atoms with Crippen molar-refractivity contribution in [2.24, 2.45) is 7.05 Å². The van der Waals surface area contributed by atoms with Crippen LogP contribution >= 0.6 is 15.9 Å². The minimum atomic E-state index is -0.611. The summed E-state index contributed by atoms with van der Waals surface area (Å²) in [5, 5.41) is 14.0. The fourth-order valence-corrected chi connectivity index (χ4v) is 2.23. The van der Waals surface area contributed by atoms with E-state index in [1.54, 1.807) is 7.05 Å². The van der Waals surface area contributed by atoms with Gasteiger partial charge in [0.15, 0.2) is 11.5 Å². The Labute approximate surface area is 111 Å². The molecular formula is C11H11BrFN3O2. The Morgan fingerprint density at radius 3 is 2.72 bits per heavy atom. The Morgan fingerprint density at radius 1 is 1.56 bits per heavy atom. The minimum Gasteiger partial charge on any atom is -0.504 e. The lowest BCUT2D eigenvalue weighted by Gasteiger charge is -2.11. The summed E-state index contributed by atoms with van der Waals surface area (Å²) >= 11 is 3.11. The number of aromatic nitrogens is 2. The van der Waals surface area contributed by atoms with E-state index in [0.717, 1.165) is 0 Å². The molecule has 1 aromatic heterocycles. The fraction of sp³-hybridized carbons (Fsp3) is 0.182. The highest BCUT2D eigenvalue weighted by Crippen LogP contribution is 2.45. The molecule has 18 heavy (non-hydrogen) atoms. The number of phenols is 1. The molecule has 0 spiro atoms. The number of methoxy groups -OCH3 is 1. The molecule has 7 heteroatoms. The maximum atomic E-state index is 14.0. The number of aromatic hydroxyl groups is 1. The largest absolute Gasteiger partial charge is 0.504 e. The third-order valence-electron chi connectivity index (χ3n) is 2.62. The van der Waals surface area contributed by atoms with Crippen molar-refractivity contribution in [1.82, 2.24) is 9.78 Å². The standard InChI is InChI=1S/C11H11BrFN3O2/c1-16-11(14)5(4-15-16)8-7(13)3-6(12)10(18-2)9(8)17/h3-4,17H,14H2,1-2H3. The van der Waals surface area contributed by atoms with Crippen molar-refractivity contribution in [2.45, 2.75) is 0 Å². The SMILES string of the molecule is COc1c(Br)cc(F)c(-c2cnn(C)c2N)c1O. The van der Waals surface area contributed by atoms with E-state index in [1.165, 1.54) is 24.1 Å². The van der Waals surface area contributed by atoms with E-state index in [-0.39, 0.29) is 22.9 Å². The van der Waals surface area contributed by atoms with Crippen LogP contribution in [0.3, 0.4) is 0 Å². The monoisotopic (exact) mass is 315 g/mol. The topological polar surface area (TPSA) is 73.3 Å². The number of nitrogen functional groups attached to an aromatic ring is 1. The van der Waals surface area contributed by atoms with Gasteiger partial charge in [-0.3, -0.25) is 4.68 Å². The fourth-order valence-electron chi connectivity index (χ4n) is 1.68. The Morgan fingerprint density at radius 2 is 2.22 bits per heavy atom. The molecule has 0 amide bonds. The van der Waals surface area contributed by atoms with Gasteiger partial charge in [0.2, 0.25) is 0 Å². The van der Waals surface area contributed by atoms with E-state index in [1.807, 2.05) is 0 Å². The first-order chi connectivity index (χ1) is 8.47. The molecule has 0 aliphatic heterocycles. The van der Waals surface area contributed by atoms with Gasteiger partial charge in [-0.1, -0.05) is 0 Å². The number of hydrogen-bond donors (Lipinski definition) is 2. The van der Waals surface area contributed by atoms with Crippen LogP contribution in [0.5, 0.6) is 11.5 Å². The lowest BCUT2D eigenvalue weighted by atomic mass is 10.1. The number of anilines is 1. The summed E-state index contributed by atoms with van der Waals surface area (Å²) in [7, 11) is 3.01. The first-order valence-corrected chi connectivity index (χ1v) is 5.79. The quantitative estimate of drug-likeness (QED) is 0.891. The second-order valence-corrected chi connectivity index (χ2v) is 4.52. The van der Waals surface area contributed by atoms with Gasteiger partial charge in [0.1, 0.15) is 11.6 Å². The molecule has 0 aliphatic carbocycles. The van der Waals surface area contributed by atoms with E-state index in [4.69, 9.17) is 10.5 Å². The summed E-state index contributed by atoms with van der Waals surface area (Å²) in [4.78, 5) is 0.